The van der Waals surface area contributed by atoms with Crippen LogP contribution in [0, 0.1) is 12.8 Å². The number of nitrogens with zero attached hydrogens (tertiary/aromatic N) is 4. The summed E-state index contributed by atoms with van der Waals surface area (Å²) in [5.74, 6) is 2.12. The van der Waals surface area contributed by atoms with Gasteiger partial charge in [0.1, 0.15) is 5.69 Å². The van der Waals surface area contributed by atoms with Crippen LogP contribution >= 0.6 is 0 Å². The molecule has 2 aliphatic rings. The Morgan fingerprint density at radius 1 is 1.04 bits per heavy atom. The Hall–Kier alpha value is -2.50. The molecule has 0 N–H and O–H groups in total. The maximum Gasteiger partial charge on any atom is 0.241 e. The van der Waals surface area contributed by atoms with Gasteiger partial charge in [-0.2, -0.15) is 0 Å². The second-order valence-electron chi connectivity index (χ2n) is 7.52. The Kier molecular flexibility index (Phi) is 5.32. The van der Waals surface area contributed by atoms with Crippen LogP contribution in [0.5, 0.6) is 11.6 Å². The van der Waals surface area contributed by atoms with Gasteiger partial charge in [-0.3, -0.25) is 14.8 Å². The third-order valence-electron chi connectivity index (χ3n) is 5.75. The summed E-state index contributed by atoms with van der Waals surface area (Å²) in [7, 11) is 0. The molecule has 4 rings (SSSR count). The molecule has 0 radical (unpaired) electrons. The predicted octanol–water partition coefficient (Wildman–Crippen LogP) is 3.87. The fourth-order valence-electron chi connectivity index (χ4n) is 4.18. The fraction of sp³-hybridized carbons (Fsp3) is 0.524. The lowest BCUT2D eigenvalue weighted by molar-refractivity contribution is -0.136. The average Bonchev–Trinajstić information content (AvgIpc) is 3.25. The van der Waals surface area contributed by atoms with Crippen LogP contribution in [0.15, 0.2) is 30.7 Å². The number of aryl methyl sites for hydroxylation is 1. The first kappa shape index (κ1) is 17.9. The number of ether oxygens (including phenoxy) is 1. The molecule has 27 heavy (non-hydrogen) atoms. The van der Waals surface area contributed by atoms with E-state index >= 15 is 0 Å². The highest BCUT2D eigenvalue weighted by Crippen LogP contribution is 2.35. The lowest BCUT2D eigenvalue weighted by Crippen LogP contribution is -2.41. The molecule has 1 aliphatic carbocycles. The average molecular weight is 366 g/mol. The molecule has 3 heterocycles. The molecule has 0 bridgehead atoms. The van der Waals surface area contributed by atoms with Gasteiger partial charge < -0.3 is 9.64 Å². The van der Waals surface area contributed by atoms with Crippen molar-refractivity contribution in [3.8, 4) is 11.6 Å². The summed E-state index contributed by atoms with van der Waals surface area (Å²) in [5, 5.41) is 0. The van der Waals surface area contributed by atoms with Gasteiger partial charge in [0.2, 0.25) is 11.8 Å². The highest BCUT2D eigenvalue weighted by atomic mass is 16.5. The normalized spacial score (nSPS) is 18.6. The lowest BCUT2D eigenvalue weighted by atomic mass is 9.92. The minimum atomic E-state index is 0.255. The minimum absolute atomic E-state index is 0.255. The number of carbonyl (C=O) groups is 1. The summed E-state index contributed by atoms with van der Waals surface area (Å²) >= 11 is 0. The number of piperidine rings is 1. The van der Waals surface area contributed by atoms with E-state index in [1.807, 2.05) is 19.1 Å². The van der Waals surface area contributed by atoms with E-state index in [9.17, 15) is 4.79 Å². The maximum atomic E-state index is 12.7. The molecular weight excluding hydrogens is 340 g/mol. The van der Waals surface area contributed by atoms with E-state index in [1.165, 1.54) is 12.8 Å². The number of amides is 1. The Bertz CT molecular complexity index is 796. The van der Waals surface area contributed by atoms with E-state index < -0.39 is 0 Å². The molecule has 0 atom stereocenters. The molecular formula is C21H26N4O2. The van der Waals surface area contributed by atoms with E-state index in [4.69, 9.17) is 4.74 Å². The second kappa shape index (κ2) is 8.03. The van der Waals surface area contributed by atoms with Crippen molar-refractivity contribution in [3.63, 3.8) is 0 Å². The van der Waals surface area contributed by atoms with Crippen molar-refractivity contribution in [2.24, 2.45) is 5.92 Å². The molecule has 2 aromatic heterocycles. The number of hydrogen-bond donors (Lipinski definition) is 0. The maximum absolute atomic E-state index is 12.7. The first-order chi connectivity index (χ1) is 13.2. The van der Waals surface area contributed by atoms with Crippen LogP contribution in [0.3, 0.4) is 0 Å². The molecule has 2 fully saturated rings. The smallest absolute Gasteiger partial charge is 0.241 e. The van der Waals surface area contributed by atoms with Crippen LogP contribution in [0.1, 0.15) is 55.8 Å². The van der Waals surface area contributed by atoms with Gasteiger partial charge in [-0.1, -0.05) is 12.8 Å². The molecule has 0 aromatic carbocycles. The molecule has 6 heteroatoms. The number of pyridine rings is 1. The molecule has 142 valence electrons. The van der Waals surface area contributed by atoms with Crippen molar-refractivity contribution in [2.45, 2.75) is 51.4 Å². The zero-order valence-electron chi connectivity index (χ0n) is 15.8. The minimum Gasteiger partial charge on any atom is -0.435 e. The van der Waals surface area contributed by atoms with Crippen molar-refractivity contribution >= 4 is 5.91 Å². The summed E-state index contributed by atoms with van der Waals surface area (Å²) < 4.78 is 6.03. The van der Waals surface area contributed by atoms with E-state index in [1.54, 1.807) is 18.6 Å². The lowest BCUT2D eigenvalue weighted by Gasteiger charge is -2.33. The highest BCUT2D eigenvalue weighted by molar-refractivity contribution is 5.79. The monoisotopic (exact) mass is 366 g/mol. The number of aromatic nitrogens is 3. The van der Waals surface area contributed by atoms with Crippen LogP contribution < -0.4 is 4.74 Å². The summed E-state index contributed by atoms with van der Waals surface area (Å²) in [6.07, 6.45) is 11.4. The van der Waals surface area contributed by atoms with Crippen molar-refractivity contribution < 1.29 is 9.53 Å². The van der Waals surface area contributed by atoms with Gasteiger partial charge in [-0.25, -0.2) is 4.98 Å². The van der Waals surface area contributed by atoms with Crippen molar-refractivity contribution in [1.29, 1.82) is 0 Å². The van der Waals surface area contributed by atoms with Gasteiger partial charge in [0.05, 0.1) is 5.69 Å². The third-order valence-corrected chi connectivity index (χ3v) is 5.75. The van der Waals surface area contributed by atoms with E-state index in [-0.39, 0.29) is 11.8 Å². The van der Waals surface area contributed by atoms with E-state index in [0.29, 0.717) is 17.5 Å². The standard InChI is InChI=1S/C21H26N4O2/c1-15-18(7-4-10-22-15)27-20-19(23-11-12-24-20)16-8-13-25(14-9-16)21(26)17-5-2-3-6-17/h4,7,10-12,16-17H,2-3,5-6,8-9,13-14H2,1H3. The number of carbonyl (C=O) groups excluding carboxylic acids is 1. The molecule has 0 unspecified atom stereocenters. The number of hydrogen-bond acceptors (Lipinski definition) is 5. The zero-order chi connectivity index (χ0) is 18.6. The molecule has 0 spiro atoms. The van der Waals surface area contributed by atoms with Gasteiger partial charge in [0, 0.05) is 43.5 Å². The number of likely N-dealkylation sites (tertiary alicyclic amines) is 1. The molecule has 6 nitrogen and oxygen atoms in total. The van der Waals surface area contributed by atoms with E-state index in [0.717, 1.165) is 50.2 Å². The molecule has 2 aromatic rings. The van der Waals surface area contributed by atoms with Crippen molar-refractivity contribution in [3.05, 3.63) is 42.1 Å². The zero-order valence-corrected chi connectivity index (χ0v) is 15.8. The highest BCUT2D eigenvalue weighted by Gasteiger charge is 2.31. The fourth-order valence-corrected chi connectivity index (χ4v) is 4.18. The Labute approximate surface area is 160 Å². The van der Waals surface area contributed by atoms with Gasteiger partial charge in [0.15, 0.2) is 5.75 Å². The van der Waals surface area contributed by atoms with Crippen LogP contribution in [0.2, 0.25) is 0 Å². The second-order valence-corrected chi connectivity index (χ2v) is 7.52. The van der Waals surface area contributed by atoms with Crippen molar-refractivity contribution in [2.75, 3.05) is 13.1 Å². The number of rotatable bonds is 4. The molecule has 1 aliphatic heterocycles. The van der Waals surface area contributed by atoms with Crippen LogP contribution in [-0.2, 0) is 4.79 Å². The van der Waals surface area contributed by atoms with Gasteiger partial charge >= 0.3 is 0 Å². The van der Waals surface area contributed by atoms with E-state index in [2.05, 4.69) is 19.9 Å². The quantitative estimate of drug-likeness (QED) is 0.822. The largest absolute Gasteiger partial charge is 0.435 e. The topological polar surface area (TPSA) is 68.2 Å². The SMILES string of the molecule is Cc1ncccc1Oc1nccnc1C1CCN(C(=O)C2CCCC2)CC1. The van der Waals surface area contributed by atoms with Crippen molar-refractivity contribution in [1.82, 2.24) is 19.9 Å². The Balaban J connectivity index is 1.44. The Morgan fingerprint density at radius 3 is 2.52 bits per heavy atom. The summed E-state index contributed by atoms with van der Waals surface area (Å²) in [4.78, 5) is 28.0. The van der Waals surface area contributed by atoms with Crippen LogP contribution in [0.25, 0.3) is 0 Å². The first-order valence-electron chi connectivity index (χ1n) is 9.91. The van der Waals surface area contributed by atoms with Crippen LogP contribution in [-0.4, -0.2) is 38.8 Å². The summed E-state index contributed by atoms with van der Waals surface area (Å²) in [6.45, 7) is 3.50. The third kappa shape index (κ3) is 3.94. The van der Waals surface area contributed by atoms with Gasteiger partial charge in [-0.15, -0.1) is 0 Å². The van der Waals surface area contributed by atoms with Gasteiger partial charge in [-0.05, 0) is 44.7 Å². The predicted molar refractivity (Wildman–Crippen MR) is 102 cm³/mol. The molecule has 1 amide bonds. The summed E-state index contributed by atoms with van der Waals surface area (Å²) in [5.41, 5.74) is 1.71. The van der Waals surface area contributed by atoms with Crippen LogP contribution in [0.4, 0.5) is 0 Å². The first-order valence-corrected chi connectivity index (χ1v) is 9.91. The Morgan fingerprint density at radius 2 is 1.78 bits per heavy atom. The van der Waals surface area contributed by atoms with Gasteiger partial charge in [0.25, 0.3) is 0 Å². The molecule has 1 saturated heterocycles. The molecule has 1 saturated carbocycles. The summed E-state index contributed by atoms with van der Waals surface area (Å²) in [6, 6.07) is 3.75.